The first-order chi connectivity index (χ1) is 8.19. The van der Waals surface area contributed by atoms with Gasteiger partial charge in [-0.25, -0.2) is 9.02 Å². The van der Waals surface area contributed by atoms with E-state index in [0.29, 0.717) is 22.7 Å². The molecule has 0 amide bonds. The average Bonchev–Trinajstić information content (AvgIpc) is 2.71. The second kappa shape index (κ2) is 4.92. The molecule has 6 heteroatoms. The van der Waals surface area contributed by atoms with E-state index in [-0.39, 0.29) is 13.2 Å². The molecule has 0 aliphatic carbocycles. The van der Waals surface area contributed by atoms with Crippen molar-refractivity contribution in [3.05, 3.63) is 41.0 Å². The molecule has 1 N–H and O–H groups in total. The predicted molar refractivity (Wildman–Crippen MR) is 55.7 cm³/mol. The zero-order valence-corrected chi connectivity index (χ0v) is 9.18. The summed E-state index contributed by atoms with van der Waals surface area (Å²) in [6.07, 6.45) is 0. The number of hydrogen-bond donors (Lipinski definition) is 1. The van der Waals surface area contributed by atoms with E-state index in [1.54, 1.807) is 13.0 Å². The average molecular weight is 238 g/mol. The van der Waals surface area contributed by atoms with Crippen molar-refractivity contribution >= 4 is 0 Å². The van der Waals surface area contributed by atoms with Crippen LogP contribution in [0.15, 0.2) is 22.8 Å². The number of benzene rings is 1. The predicted octanol–water partition coefficient (Wildman–Crippen LogP) is 1.59. The smallest absolute Gasteiger partial charge is 0.145 e. The molecule has 0 spiro atoms. The molecule has 0 aliphatic heterocycles. The van der Waals surface area contributed by atoms with Gasteiger partial charge >= 0.3 is 0 Å². The van der Waals surface area contributed by atoms with E-state index < -0.39 is 5.82 Å². The van der Waals surface area contributed by atoms with Gasteiger partial charge < -0.3 is 9.84 Å². The van der Waals surface area contributed by atoms with Crippen LogP contribution in [0.1, 0.15) is 17.0 Å². The lowest BCUT2D eigenvalue weighted by atomic mass is 10.2. The van der Waals surface area contributed by atoms with E-state index in [1.807, 2.05) is 0 Å². The maximum atomic E-state index is 13.1. The van der Waals surface area contributed by atoms with Crippen molar-refractivity contribution in [3.8, 4) is 5.75 Å². The molecule has 17 heavy (non-hydrogen) atoms. The molecular formula is C11H11FN2O3. The van der Waals surface area contributed by atoms with Crippen LogP contribution >= 0.6 is 0 Å². The number of ether oxygens (including phenoxy) is 1. The molecule has 0 saturated heterocycles. The maximum Gasteiger partial charge on any atom is 0.145 e. The van der Waals surface area contributed by atoms with Crippen molar-refractivity contribution in [2.24, 2.45) is 0 Å². The molecule has 0 aliphatic rings. The lowest BCUT2D eigenvalue weighted by Gasteiger charge is -2.06. The first-order valence-electron chi connectivity index (χ1n) is 5.00. The Hall–Kier alpha value is -1.95. The minimum Gasteiger partial charge on any atom is -0.487 e. The number of halogens is 1. The second-order valence-corrected chi connectivity index (χ2v) is 3.54. The lowest BCUT2D eigenvalue weighted by molar-refractivity contribution is 0.265. The summed E-state index contributed by atoms with van der Waals surface area (Å²) in [5.74, 6) is -0.127. The van der Waals surface area contributed by atoms with Gasteiger partial charge in [0.15, 0.2) is 0 Å². The number of aryl methyl sites for hydroxylation is 1. The standard InChI is InChI=1S/C11H11FN2O3/c1-7-11(14-17-13-7)6-16-10-3-8(5-15)2-9(12)4-10/h2-4,15H,5-6H2,1H3. The van der Waals surface area contributed by atoms with Crippen LogP contribution in [0.25, 0.3) is 0 Å². The molecule has 0 radical (unpaired) electrons. The van der Waals surface area contributed by atoms with E-state index >= 15 is 0 Å². The van der Waals surface area contributed by atoms with E-state index in [9.17, 15) is 4.39 Å². The summed E-state index contributed by atoms with van der Waals surface area (Å²) in [7, 11) is 0. The van der Waals surface area contributed by atoms with Crippen LogP contribution in [-0.4, -0.2) is 15.4 Å². The SMILES string of the molecule is Cc1nonc1COc1cc(F)cc(CO)c1. The number of hydrogen-bond acceptors (Lipinski definition) is 5. The molecule has 0 unspecified atom stereocenters. The minimum absolute atomic E-state index is 0.143. The van der Waals surface area contributed by atoms with Crippen molar-refractivity contribution in [2.75, 3.05) is 0 Å². The van der Waals surface area contributed by atoms with Crippen LogP contribution in [0.2, 0.25) is 0 Å². The molecule has 0 saturated carbocycles. The molecule has 1 heterocycles. The summed E-state index contributed by atoms with van der Waals surface area (Å²) in [6, 6.07) is 4.05. The van der Waals surface area contributed by atoms with Crippen molar-refractivity contribution in [1.82, 2.24) is 10.3 Å². The Labute approximate surface area is 96.8 Å². The Bertz CT molecular complexity index is 513. The number of aliphatic hydroxyl groups is 1. The van der Waals surface area contributed by atoms with E-state index in [1.165, 1.54) is 12.1 Å². The normalized spacial score (nSPS) is 10.5. The van der Waals surface area contributed by atoms with Gasteiger partial charge in [0.1, 0.15) is 29.6 Å². The van der Waals surface area contributed by atoms with Crippen LogP contribution < -0.4 is 4.74 Å². The monoisotopic (exact) mass is 238 g/mol. The Morgan fingerprint density at radius 1 is 1.35 bits per heavy atom. The third kappa shape index (κ3) is 2.79. The molecule has 0 atom stereocenters. The first-order valence-corrected chi connectivity index (χ1v) is 5.00. The van der Waals surface area contributed by atoms with Crippen LogP contribution in [0.4, 0.5) is 4.39 Å². The quantitative estimate of drug-likeness (QED) is 0.875. The van der Waals surface area contributed by atoms with Gasteiger partial charge in [-0.3, -0.25) is 0 Å². The molecule has 1 aromatic heterocycles. The highest BCUT2D eigenvalue weighted by Crippen LogP contribution is 2.18. The summed E-state index contributed by atoms with van der Waals surface area (Å²) in [4.78, 5) is 0. The van der Waals surface area contributed by atoms with E-state index in [0.717, 1.165) is 0 Å². The lowest BCUT2D eigenvalue weighted by Crippen LogP contribution is -1.99. The number of rotatable bonds is 4. The number of nitrogens with zero attached hydrogens (tertiary/aromatic N) is 2. The van der Waals surface area contributed by atoms with Crippen LogP contribution in [0.5, 0.6) is 5.75 Å². The van der Waals surface area contributed by atoms with Gasteiger partial charge in [0.05, 0.1) is 6.61 Å². The number of aliphatic hydroxyl groups excluding tert-OH is 1. The van der Waals surface area contributed by atoms with Crippen molar-refractivity contribution in [3.63, 3.8) is 0 Å². The van der Waals surface area contributed by atoms with Gasteiger partial charge in [0.25, 0.3) is 0 Å². The number of aromatic nitrogens is 2. The molecule has 5 nitrogen and oxygen atoms in total. The van der Waals surface area contributed by atoms with Crippen LogP contribution in [0.3, 0.4) is 0 Å². The molecule has 0 fully saturated rings. The topological polar surface area (TPSA) is 68.4 Å². The first kappa shape index (κ1) is 11.5. The minimum atomic E-state index is -0.457. The van der Waals surface area contributed by atoms with Gasteiger partial charge in [-0.05, 0) is 24.6 Å². The highest BCUT2D eigenvalue weighted by molar-refractivity contribution is 5.29. The fourth-order valence-electron chi connectivity index (χ4n) is 1.33. The highest BCUT2D eigenvalue weighted by atomic mass is 19.1. The summed E-state index contributed by atoms with van der Waals surface area (Å²) < 4.78 is 23.0. The fraction of sp³-hybridized carbons (Fsp3) is 0.273. The zero-order valence-electron chi connectivity index (χ0n) is 9.18. The molecule has 2 rings (SSSR count). The molecule has 0 bridgehead atoms. The van der Waals surface area contributed by atoms with Gasteiger partial charge in [0, 0.05) is 6.07 Å². The van der Waals surface area contributed by atoms with Crippen LogP contribution in [0, 0.1) is 12.7 Å². The van der Waals surface area contributed by atoms with E-state index in [4.69, 9.17) is 9.84 Å². The highest BCUT2D eigenvalue weighted by Gasteiger charge is 2.07. The fourth-order valence-corrected chi connectivity index (χ4v) is 1.33. The molecule has 90 valence electrons. The maximum absolute atomic E-state index is 13.1. The van der Waals surface area contributed by atoms with Gasteiger partial charge in [-0.1, -0.05) is 10.3 Å². The van der Waals surface area contributed by atoms with Crippen LogP contribution in [-0.2, 0) is 13.2 Å². The molecular weight excluding hydrogens is 227 g/mol. The third-order valence-corrected chi connectivity index (χ3v) is 2.24. The molecule has 2 aromatic rings. The molecule has 1 aromatic carbocycles. The zero-order chi connectivity index (χ0) is 12.3. The Kier molecular flexibility index (Phi) is 3.34. The van der Waals surface area contributed by atoms with Crippen molar-refractivity contribution < 1.29 is 18.9 Å². The summed E-state index contributed by atoms with van der Waals surface area (Å²) >= 11 is 0. The third-order valence-electron chi connectivity index (χ3n) is 2.24. The largest absolute Gasteiger partial charge is 0.487 e. The van der Waals surface area contributed by atoms with Crippen molar-refractivity contribution in [1.29, 1.82) is 0 Å². The Balaban J connectivity index is 2.09. The van der Waals surface area contributed by atoms with Gasteiger partial charge in [-0.2, -0.15) is 0 Å². The summed E-state index contributed by atoms with van der Waals surface area (Å²) in [5, 5.41) is 16.2. The van der Waals surface area contributed by atoms with Crippen molar-refractivity contribution in [2.45, 2.75) is 20.1 Å². The Morgan fingerprint density at radius 3 is 2.82 bits per heavy atom. The Morgan fingerprint density at radius 2 is 2.18 bits per heavy atom. The van der Waals surface area contributed by atoms with Gasteiger partial charge in [-0.15, -0.1) is 0 Å². The summed E-state index contributed by atoms with van der Waals surface area (Å²) in [6.45, 7) is 1.64. The van der Waals surface area contributed by atoms with E-state index in [2.05, 4.69) is 14.9 Å². The van der Waals surface area contributed by atoms with Gasteiger partial charge in [0.2, 0.25) is 0 Å². The summed E-state index contributed by atoms with van der Waals surface area (Å²) in [5.41, 5.74) is 1.64. The second-order valence-electron chi connectivity index (χ2n) is 3.54.